The van der Waals surface area contributed by atoms with E-state index in [2.05, 4.69) is 59.8 Å². The normalized spacial score (nSPS) is 15.7. The molecular formula is C15H19N3S. The van der Waals surface area contributed by atoms with Gasteiger partial charge in [0.1, 0.15) is 0 Å². The third-order valence-electron chi connectivity index (χ3n) is 3.59. The van der Waals surface area contributed by atoms with E-state index in [0.717, 1.165) is 10.6 Å². The lowest BCUT2D eigenvalue weighted by Gasteiger charge is -2.22. The molecule has 100 valence electrons. The molecule has 3 nitrogen and oxygen atoms in total. The van der Waals surface area contributed by atoms with Gasteiger partial charge in [-0.05, 0) is 36.0 Å². The van der Waals surface area contributed by atoms with Crippen molar-refractivity contribution in [3.05, 3.63) is 34.6 Å². The van der Waals surface area contributed by atoms with Gasteiger partial charge < -0.3 is 0 Å². The van der Waals surface area contributed by atoms with Crippen LogP contribution in [0.4, 0.5) is 0 Å². The van der Waals surface area contributed by atoms with Crippen molar-refractivity contribution in [3.63, 3.8) is 0 Å². The van der Waals surface area contributed by atoms with E-state index in [-0.39, 0.29) is 5.41 Å². The number of nitrogens with one attached hydrogen (secondary N) is 1. The summed E-state index contributed by atoms with van der Waals surface area (Å²) < 4.78 is 2.92. The molecule has 1 heterocycles. The summed E-state index contributed by atoms with van der Waals surface area (Å²) in [5.41, 5.74) is 2.60. The van der Waals surface area contributed by atoms with Crippen LogP contribution in [0.25, 0.3) is 11.4 Å². The summed E-state index contributed by atoms with van der Waals surface area (Å²) in [7, 11) is 0. The zero-order chi connectivity index (χ0) is 13.6. The van der Waals surface area contributed by atoms with Crippen molar-refractivity contribution in [1.82, 2.24) is 14.8 Å². The van der Waals surface area contributed by atoms with Crippen LogP contribution >= 0.6 is 12.2 Å². The van der Waals surface area contributed by atoms with Crippen molar-refractivity contribution in [1.29, 1.82) is 0 Å². The first-order valence-electron chi connectivity index (χ1n) is 6.75. The zero-order valence-corrected chi connectivity index (χ0v) is 12.4. The smallest absolute Gasteiger partial charge is 0.195 e. The minimum atomic E-state index is 0.0958. The molecule has 1 fully saturated rings. The Morgan fingerprint density at radius 1 is 1.26 bits per heavy atom. The minimum Gasteiger partial charge on any atom is -0.297 e. The second-order valence-corrected chi connectivity index (χ2v) is 6.64. The van der Waals surface area contributed by atoms with E-state index in [0.29, 0.717) is 6.04 Å². The van der Waals surface area contributed by atoms with Crippen molar-refractivity contribution in [2.24, 2.45) is 0 Å². The van der Waals surface area contributed by atoms with Crippen LogP contribution in [-0.4, -0.2) is 14.8 Å². The van der Waals surface area contributed by atoms with Crippen LogP contribution in [-0.2, 0) is 5.41 Å². The van der Waals surface area contributed by atoms with Crippen molar-refractivity contribution in [3.8, 4) is 11.4 Å². The van der Waals surface area contributed by atoms with Gasteiger partial charge in [-0.25, -0.2) is 0 Å². The molecule has 0 bridgehead atoms. The van der Waals surface area contributed by atoms with Gasteiger partial charge >= 0.3 is 0 Å². The van der Waals surface area contributed by atoms with Gasteiger partial charge in [0.15, 0.2) is 10.6 Å². The van der Waals surface area contributed by atoms with Crippen LogP contribution in [0.15, 0.2) is 24.3 Å². The minimum absolute atomic E-state index is 0.0958. The lowest BCUT2D eigenvalue weighted by molar-refractivity contribution is 0.590. The fraction of sp³-hybridized carbons (Fsp3) is 0.467. The van der Waals surface area contributed by atoms with E-state index < -0.39 is 0 Å². The Labute approximate surface area is 118 Å². The molecule has 1 N–H and O–H groups in total. The van der Waals surface area contributed by atoms with Crippen LogP contribution in [0, 0.1) is 4.77 Å². The van der Waals surface area contributed by atoms with Crippen LogP contribution in [0.2, 0.25) is 0 Å². The molecule has 3 rings (SSSR count). The van der Waals surface area contributed by atoms with Gasteiger partial charge in [0.2, 0.25) is 0 Å². The summed E-state index contributed by atoms with van der Waals surface area (Å²) in [6.07, 6.45) is 2.41. The average Bonchev–Trinajstić information content (AvgIpc) is 3.11. The van der Waals surface area contributed by atoms with E-state index in [4.69, 9.17) is 12.2 Å². The maximum Gasteiger partial charge on any atom is 0.195 e. The lowest BCUT2D eigenvalue weighted by atomic mass is 9.83. The molecule has 0 unspecified atom stereocenters. The average molecular weight is 273 g/mol. The third-order valence-corrected chi connectivity index (χ3v) is 3.88. The first kappa shape index (κ1) is 12.6. The summed E-state index contributed by atoms with van der Waals surface area (Å²) in [6.45, 7) is 6.69. The van der Waals surface area contributed by atoms with Gasteiger partial charge in [-0.2, -0.15) is 5.10 Å². The number of nitrogens with zero attached hydrogens (tertiary/aromatic N) is 2. The summed E-state index contributed by atoms with van der Waals surface area (Å²) in [4.78, 5) is 0. The quantitative estimate of drug-likeness (QED) is 0.830. The van der Waals surface area contributed by atoms with Crippen LogP contribution < -0.4 is 0 Å². The SMILES string of the molecule is CC(C)(C)c1ccccc1-c1n[nH]c(=S)n1C1CC1. The van der Waals surface area contributed by atoms with Gasteiger partial charge in [0.25, 0.3) is 0 Å². The second-order valence-electron chi connectivity index (χ2n) is 6.25. The summed E-state index contributed by atoms with van der Waals surface area (Å²) in [5, 5.41) is 7.42. The highest BCUT2D eigenvalue weighted by Gasteiger charge is 2.29. The Kier molecular flexibility index (Phi) is 2.86. The first-order valence-corrected chi connectivity index (χ1v) is 7.16. The Morgan fingerprint density at radius 2 is 1.95 bits per heavy atom. The number of hydrogen-bond donors (Lipinski definition) is 1. The maximum absolute atomic E-state index is 5.37. The number of aromatic nitrogens is 3. The molecule has 1 aliphatic rings. The molecule has 4 heteroatoms. The predicted octanol–water partition coefficient (Wildman–Crippen LogP) is 4.24. The summed E-state index contributed by atoms with van der Waals surface area (Å²) in [6, 6.07) is 9.02. The van der Waals surface area contributed by atoms with E-state index in [9.17, 15) is 0 Å². The lowest BCUT2D eigenvalue weighted by Crippen LogP contribution is -2.13. The fourth-order valence-electron chi connectivity index (χ4n) is 2.50. The Balaban J connectivity index is 2.21. The number of aromatic amines is 1. The number of H-pyrrole nitrogens is 1. The Bertz CT molecular complexity index is 657. The van der Waals surface area contributed by atoms with E-state index in [1.54, 1.807) is 0 Å². The van der Waals surface area contributed by atoms with Crippen molar-refractivity contribution in [2.75, 3.05) is 0 Å². The molecule has 1 aliphatic carbocycles. The molecule has 19 heavy (non-hydrogen) atoms. The maximum atomic E-state index is 5.37. The van der Waals surface area contributed by atoms with Crippen molar-refractivity contribution in [2.45, 2.75) is 45.1 Å². The van der Waals surface area contributed by atoms with E-state index in [1.807, 2.05) is 0 Å². The van der Waals surface area contributed by atoms with E-state index in [1.165, 1.54) is 24.0 Å². The third kappa shape index (κ3) is 2.25. The molecule has 1 aromatic carbocycles. The monoisotopic (exact) mass is 273 g/mol. The molecule has 2 aromatic rings. The molecule has 0 saturated heterocycles. The van der Waals surface area contributed by atoms with Gasteiger partial charge in [-0.1, -0.05) is 45.0 Å². The van der Waals surface area contributed by atoms with Crippen molar-refractivity contribution >= 4 is 12.2 Å². The highest BCUT2D eigenvalue weighted by atomic mass is 32.1. The molecule has 0 radical (unpaired) electrons. The molecule has 0 spiro atoms. The Morgan fingerprint density at radius 3 is 2.58 bits per heavy atom. The largest absolute Gasteiger partial charge is 0.297 e. The second kappa shape index (κ2) is 4.30. The molecule has 0 amide bonds. The Hall–Kier alpha value is -1.42. The van der Waals surface area contributed by atoms with Gasteiger partial charge in [0, 0.05) is 11.6 Å². The van der Waals surface area contributed by atoms with Gasteiger partial charge in [-0.3, -0.25) is 9.67 Å². The summed E-state index contributed by atoms with van der Waals surface area (Å²) >= 11 is 5.37. The van der Waals surface area contributed by atoms with Crippen molar-refractivity contribution < 1.29 is 0 Å². The summed E-state index contributed by atoms with van der Waals surface area (Å²) in [5.74, 6) is 0.984. The number of benzene rings is 1. The molecule has 0 aliphatic heterocycles. The zero-order valence-electron chi connectivity index (χ0n) is 11.6. The topological polar surface area (TPSA) is 33.6 Å². The van der Waals surface area contributed by atoms with Gasteiger partial charge in [-0.15, -0.1) is 0 Å². The molecule has 1 aromatic heterocycles. The fourth-order valence-corrected chi connectivity index (χ4v) is 2.78. The highest BCUT2D eigenvalue weighted by molar-refractivity contribution is 7.71. The van der Waals surface area contributed by atoms with E-state index >= 15 is 0 Å². The standard InChI is InChI=1S/C15H19N3S/c1-15(2,3)12-7-5-4-6-11(12)13-16-17-14(19)18(13)10-8-9-10/h4-7,10H,8-9H2,1-3H3,(H,17,19). The van der Waals surface area contributed by atoms with Gasteiger partial charge in [0.05, 0.1) is 0 Å². The van der Waals surface area contributed by atoms with Crippen LogP contribution in [0.5, 0.6) is 0 Å². The highest BCUT2D eigenvalue weighted by Crippen LogP contribution is 2.40. The molecule has 1 saturated carbocycles. The predicted molar refractivity (Wildman–Crippen MR) is 79.8 cm³/mol. The van der Waals surface area contributed by atoms with Crippen LogP contribution in [0.3, 0.4) is 0 Å². The first-order chi connectivity index (χ1) is 8.98. The van der Waals surface area contributed by atoms with Crippen LogP contribution in [0.1, 0.15) is 45.2 Å². The number of rotatable bonds is 2. The molecular weight excluding hydrogens is 254 g/mol. The molecule has 0 atom stereocenters. The number of hydrogen-bond acceptors (Lipinski definition) is 2.